The summed E-state index contributed by atoms with van der Waals surface area (Å²) in [6, 6.07) is 13.7. The molecule has 0 atom stereocenters. The second-order valence-corrected chi connectivity index (χ2v) is 7.98. The number of methoxy groups -OCH3 is 2. The van der Waals surface area contributed by atoms with Crippen molar-refractivity contribution in [2.24, 2.45) is 10.9 Å². The van der Waals surface area contributed by atoms with Gasteiger partial charge >= 0.3 is 0 Å². The van der Waals surface area contributed by atoms with Crippen LogP contribution in [0.5, 0.6) is 11.5 Å². The fourth-order valence-electron chi connectivity index (χ4n) is 3.95. The summed E-state index contributed by atoms with van der Waals surface area (Å²) >= 11 is 0. The van der Waals surface area contributed by atoms with E-state index >= 15 is 0 Å². The highest BCUT2D eigenvalue weighted by Crippen LogP contribution is 2.25. The van der Waals surface area contributed by atoms with Crippen molar-refractivity contribution in [2.75, 3.05) is 26.6 Å². The fourth-order valence-corrected chi connectivity index (χ4v) is 3.95. The molecular formula is C25H35IN4O3. The van der Waals surface area contributed by atoms with Crippen LogP contribution in [-0.4, -0.2) is 33.1 Å². The summed E-state index contributed by atoms with van der Waals surface area (Å²) in [5, 5.41) is 9.71. The molecule has 33 heavy (non-hydrogen) atoms. The molecule has 1 fully saturated rings. The topological polar surface area (TPSA) is 84.0 Å². The van der Waals surface area contributed by atoms with Crippen LogP contribution in [-0.2, 0) is 17.9 Å². The molecule has 3 rings (SSSR count). The number of amides is 1. The first-order chi connectivity index (χ1) is 15.6. The minimum Gasteiger partial charge on any atom is -0.497 e. The molecule has 0 heterocycles. The minimum absolute atomic E-state index is 0. The van der Waals surface area contributed by atoms with Crippen molar-refractivity contribution in [1.29, 1.82) is 0 Å². The maximum atomic E-state index is 12.5. The standard InChI is InChI=1S/C25H34N4O3.HI/c1-26-25(28-17-20-12-13-22(31-2)15-23(20)32-3)27-16-18-8-7-11-21(14-18)29-24(30)19-9-5-4-6-10-19;/h7-8,11-15,19H,4-6,9-10,16-17H2,1-3H3,(H,29,30)(H2,26,27,28);1H. The molecule has 3 N–H and O–H groups in total. The number of hydrogen-bond donors (Lipinski definition) is 3. The van der Waals surface area contributed by atoms with E-state index in [-0.39, 0.29) is 35.8 Å². The number of nitrogens with zero attached hydrogens (tertiary/aromatic N) is 1. The van der Waals surface area contributed by atoms with Crippen LogP contribution < -0.4 is 25.4 Å². The van der Waals surface area contributed by atoms with E-state index in [9.17, 15) is 4.79 Å². The lowest BCUT2D eigenvalue weighted by atomic mass is 9.88. The van der Waals surface area contributed by atoms with E-state index in [2.05, 4.69) is 20.9 Å². The number of ether oxygens (including phenoxy) is 2. The van der Waals surface area contributed by atoms with Crippen molar-refractivity contribution in [3.05, 3.63) is 53.6 Å². The number of carbonyl (C=O) groups is 1. The number of benzene rings is 2. The molecule has 8 heteroatoms. The van der Waals surface area contributed by atoms with Gasteiger partial charge in [-0.2, -0.15) is 0 Å². The molecule has 1 saturated carbocycles. The van der Waals surface area contributed by atoms with Crippen molar-refractivity contribution in [1.82, 2.24) is 10.6 Å². The van der Waals surface area contributed by atoms with Crippen LogP contribution in [0.4, 0.5) is 5.69 Å². The van der Waals surface area contributed by atoms with Gasteiger partial charge in [-0.1, -0.05) is 31.4 Å². The lowest BCUT2D eigenvalue weighted by Crippen LogP contribution is -2.36. The van der Waals surface area contributed by atoms with Crippen LogP contribution in [0.25, 0.3) is 0 Å². The van der Waals surface area contributed by atoms with E-state index in [1.165, 1.54) is 6.42 Å². The Bertz CT molecular complexity index is 930. The fraction of sp³-hybridized carbons (Fsp3) is 0.440. The molecule has 2 aromatic rings. The van der Waals surface area contributed by atoms with Crippen LogP contribution in [0.3, 0.4) is 0 Å². The van der Waals surface area contributed by atoms with Gasteiger partial charge in [0.25, 0.3) is 0 Å². The van der Waals surface area contributed by atoms with Gasteiger partial charge in [0.1, 0.15) is 11.5 Å². The summed E-state index contributed by atoms with van der Waals surface area (Å²) in [7, 11) is 5.02. The molecule has 0 aromatic heterocycles. The molecule has 0 saturated heterocycles. The molecule has 180 valence electrons. The van der Waals surface area contributed by atoms with E-state index in [1.54, 1.807) is 21.3 Å². The van der Waals surface area contributed by atoms with Crippen molar-refractivity contribution in [2.45, 2.75) is 45.2 Å². The molecule has 7 nitrogen and oxygen atoms in total. The predicted octanol–water partition coefficient (Wildman–Crippen LogP) is 4.71. The maximum absolute atomic E-state index is 12.5. The Balaban J connectivity index is 0.00000385. The normalized spacial score (nSPS) is 14.1. The Hall–Kier alpha value is -2.49. The smallest absolute Gasteiger partial charge is 0.227 e. The van der Waals surface area contributed by atoms with Gasteiger partial charge in [-0.25, -0.2) is 0 Å². The Morgan fingerprint density at radius 1 is 1.00 bits per heavy atom. The largest absolute Gasteiger partial charge is 0.497 e. The van der Waals surface area contributed by atoms with Gasteiger partial charge < -0.3 is 25.4 Å². The van der Waals surface area contributed by atoms with Crippen LogP contribution in [0.2, 0.25) is 0 Å². The highest BCUT2D eigenvalue weighted by atomic mass is 127. The van der Waals surface area contributed by atoms with E-state index < -0.39 is 0 Å². The van der Waals surface area contributed by atoms with Crippen molar-refractivity contribution >= 4 is 41.5 Å². The summed E-state index contributed by atoms with van der Waals surface area (Å²) in [6.07, 6.45) is 5.53. The van der Waals surface area contributed by atoms with E-state index in [4.69, 9.17) is 9.47 Å². The second kappa shape index (κ2) is 13.9. The van der Waals surface area contributed by atoms with E-state index in [0.29, 0.717) is 19.0 Å². The zero-order valence-corrected chi connectivity index (χ0v) is 22.0. The summed E-state index contributed by atoms with van der Waals surface area (Å²) in [6.45, 7) is 1.15. The van der Waals surface area contributed by atoms with Gasteiger partial charge in [-0.3, -0.25) is 9.79 Å². The number of aliphatic imine (C=N–C) groups is 1. The van der Waals surface area contributed by atoms with Gasteiger partial charge in [0.2, 0.25) is 5.91 Å². The molecule has 1 aliphatic rings. The highest BCUT2D eigenvalue weighted by molar-refractivity contribution is 14.0. The molecule has 1 amide bonds. The molecule has 0 radical (unpaired) electrons. The lowest BCUT2D eigenvalue weighted by Gasteiger charge is -2.21. The van der Waals surface area contributed by atoms with E-state index in [1.807, 2.05) is 42.5 Å². The Morgan fingerprint density at radius 3 is 2.45 bits per heavy atom. The van der Waals surface area contributed by atoms with Gasteiger partial charge in [-0.05, 0) is 42.7 Å². The third-order valence-electron chi connectivity index (χ3n) is 5.79. The van der Waals surface area contributed by atoms with Gasteiger partial charge in [0.05, 0.1) is 14.2 Å². The summed E-state index contributed by atoms with van der Waals surface area (Å²) in [4.78, 5) is 16.8. The molecule has 0 bridgehead atoms. The Labute approximate surface area is 213 Å². The van der Waals surface area contributed by atoms with Crippen molar-refractivity contribution in [3.8, 4) is 11.5 Å². The number of rotatable bonds is 8. The lowest BCUT2D eigenvalue weighted by molar-refractivity contribution is -0.120. The number of guanidine groups is 1. The average Bonchev–Trinajstić information content (AvgIpc) is 2.84. The quantitative estimate of drug-likeness (QED) is 0.245. The van der Waals surface area contributed by atoms with Crippen molar-refractivity contribution in [3.63, 3.8) is 0 Å². The van der Waals surface area contributed by atoms with Crippen LogP contribution in [0, 0.1) is 5.92 Å². The Morgan fingerprint density at radius 2 is 1.76 bits per heavy atom. The summed E-state index contributed by atoms with van der Waals surface area (Å²) < 4.78 is 10.7. The first kappa shape index (κ1) is 26.8. The van der Waals surface area contributed by atoms with Crippen LogP contribution >= 0.6 is 24.0 Å². The molecule has 0 unspecified atom stereocenters. The second-order valence-electron chi connectivity index (χ2n) is 7.98. The number of nitrogens with one attached hydrogen (secondary N) is 3. The SMILES string of the molecule is CN=C(NCc1cccc(NC(=O)C2CCCCC2)c1)NCc1ccc(OC)cc1OC.I. The highest BCUT2D eigenvalue weighted by Gasteiger charge is 2.21. The molecule has 2 aromatic carbocycles. The Kier molecular flexibility index (Phi) is 11.3. The average molecular weight is 566 g/mol. The first-order valence-corrected chi connectivity index (χ1v) is 11.2. The van der Waals surface area contributed by atoms with Crippen LogP contribution in [0.15, 0.2) is 47.5 Å². The minimum atomic E-state index is 0. The first-order valence-electron chi connectivity index (χ1n) is 11.2. The number of anilines is 1. The third-order valence-corrected chi connectivity index (χ3v) is 5.79. The summed E-state index contributed by atoms with van der Waals surface area (Å²) in [5.41, 5.74) is 2.91. The molecule has 0 aliphatic heterocycles. The third kappa shape index (κ3) is 8.10. The van der Waals surface area contributed by atoms with Gasteiger partial charge in [-0.15, -0.1) is 24.0 Å². The van der Waals surface area contributed by atoms with Crippen molar-refractivity contribution < 1.29 is 14.3 Å². The molecule has 1 aliphatic carbocycles. The van der Waals surface area contributed by atoms with Gasteiger partial charge in [0.15, 0.2) is 5.96 Å². The zero-order valence-electron chi connectivity index (χ0n) is 19.6. The monoisotopic (exact) mass is 566 g/mol. The maximum Gasteiger partial charge on any atom is 0.227 e. The van der Waals surface area contributed by atoms with Gasteiger partial charge in [0, 0.05) is 43.4 Å². The zero-order chi connectivity index (χ0) is 22.8. The molecular weight excluding hydrogens is 531 g/mol. The number of carbonyl (C=O) groups excluding carboxylic acids is 1. The molecule has 0 spiro atoms. The number of halogens is 1. The predicted molar refractivity (Wildman–Crippen MR) is 144 cm³/mol. The summed E-state index contributed by atoms with van der Waals surface area (Å²) in [5.74, 6) is 2.47. The van der Waals surface area contributed by atoms with Crippen LogP contribution in [0.1, 0.15) is 43.2 Å². The van der Waals surface area contributed by atoms with E-state index in [0.717, 1.165) is 54.0 Å². The number of hydrogen-bond acceptors (Lipinski definition) is 4.